The molecule has 0 aliphatic rings. The summed E-state index contributed by atoms with van der Waals surface area (Å²) in [6, 6.07) is 17.2. The fourth-order valence-electron chi connectivity index (χ4n) is 3.05. The van der Waals surface area contributed by atoms with Gasteiger partial charge in [0.1, 0.15) is 17.3 Å². The van der Waals surface area contributed by atoms with Crippen molar-refractivity contribution in [1.82, 2.24) is 30.0 Å². The summed E-state index contributed by atoms with van der Waals surface area (Å²) in [4.78, 5) is 12.6. The van der Waals surface area contributed by atoms with Gasteiger partial charge in [-0.2, -0.15) is 9.78 Å². The van der Waals surface area contributed by atoms with E-state index in [4.69, 9.17) is 4.74 Å². The van der Waals surface area contributed by atoms with Gasteiger partial charge in [0.2, 0.25) is 11.1 Å². The number of ether oxygens (including phenoxy) is 1. The van der Waals surface area contributed by atoms with Crippen molar-refractivity contribution < 1.29 is 9.53 Å². The first kappa shape index (κ1) is 20.6. The molecule has 4 rings (SSSR count). The van der Waals surface area contributed by atoms with Crippen LogP contribution in [0.2, 0.25) is 0 Å². The molecule has 0 saturated heterocycles. The number of hydrogen-bond donors (Lipinski definition) is 1. The van der Waals surface area contributed by atoms with Crippen molar-refractivity contribution in [1.29, 1.82) is 0 Å². The summed E-state index contributed by atoms with van der Waals surface area (Å²) in [5.74, 6) is 1.20. The summed E-state index contributed by atoms with van der Waals surface area (Å²) >= 11 is 1.24. The third-order valence-corrected chi connectivity index (χ3v) is 5.35. The monoisotopic (exact) mass is 435 g/mol. The van der Waals surface area contributed by atoms with E-state index >= 15 is 0 Å². The van der Waals surface area contributed by atoms with Gasteiger partial charge in [0.05, 0.1) is 24.2 Å². The number of anilines is 1. The number of aryl methyl sites for hydroxylation is 2. The second-order valence-corrected chi connectivity index (χ2v) is 7.75. The fourth-order valence-corrected chi connectivity index (χ4v) is 3.73. The number of hydrogen-bond acceptors (Lipinski definition) is 7. The fraction of sp³-hybridized carbons (Fsp3) is 0.190. The smallest absolute Gasteiger partial charge is 0.236 e. The number of nitrogens with zero attached hydrogens (tertiary/aromatic N) is 6. The Morgan fingerprint density at radius 2 is 1.90 bits per heavy atom. The van der Waals surface area contributed by atoms with Gasteiger partial charge in [0.15, 0.2) is 0 Å². The number of carbonyl (C=O) groups is 1. The van der Waals surface area contributed by atoms with E-state index in [1.165, 1.54) is 11.8 Å². The Labute approximate surface area is 183 Å². The zero-order chi connectivity index (χ0) is 21.8. The lowest BCUT2D eigenvalue weighted by atomic mass is 10.2. The molecule has 2 aromatic carbocycles. The lowest BCUT2D eigenvalue weighted by Crippen LogP contribution is -2.17. The Hall–Kier alpha value is -3.66. The van der Waals surface area contributed by atoms with Crippen molar-refractivity contribution in [3.8, 4) is 17.1 Å². The van der Waals surface area contributed by atoms with Gasteiger partial charge in [0, 0.05) is 6.07 Å². The van der Waals surface area contributed by atoms with Crippen molar-refractivity contribution in [2.45, 2.75) is 19.0 Å². The molecule has 2 aromatic heterocycles. The molecule has 1 N–H and O–H groups in total. The average Bonchev–Trinajstić information content (AvgIpc) is 3.39. The van der Waals surface area contributed by atoms with Crippen LogP contribution in [0.4, 0.5) is 5.82 Å². The molecule has 0 saturated carbocycles. The quantitative estimate of drug-likeness (QED) is 0.445. The summed E-state index contributed by atoms with van der Waals surface area (Å²) < 4.78 is 8.71. The van der Waals surface area contributed by atoms with E-state index in [-0.39, 0.29) is 11.7 Å². The van der Waals surface area contributed by atoms with Gasteiger partial charge in [-0.25, -0.2) is 4.68 Å². The van der Waals surface area contributed by atoms with Gasteiger partial charge < -0.3 is 10.1 Å². The number of methoxy groups -OCH3 is 1. The number of carbonyl (C=O) groups excluding carboxylic acids is 1. The Bertz CT molecular complexity index is 1200. The van der Waals surface area contributed by atoms with Gasteiger partial charge in [-0.3, -0.25) is 4.79 Å². The van der Waals surface area contributed by atoms with Crippen LogP contribution in [0.25, 0.3) is 11.4 Å². The largest absolute Gasteiger partial charge is 0.494 e. The highest BCUT2D eigenvalue weighted by Crippen LogP contribution is 2.27. The minimum atomic E-state index is -0.187. The van der Waals surface area contributed by atoms with Crippen LogP contribution in [0.5, 0.6) is 5.75 Å². The zero-order valence-electron chi connectivity index (χ0n) is 17.3. The second kappa shape index (κ2) is 9.00. The topological polar surface area (TPSA) is 99.8 Å². The van der Waals surface area contributed by atoms with Crippen LogP contribution in [0.15, 0.2) is 59.8 Å². The summed E-state index contributed by atoms with van der Waals surface area (Å²) in [6.45, 7) is 3.86. The Kier molecular flexibility index (Phi) is 5.99. The van der Waals surface area contributed by atoms with E-state index in [2.05, 4.69) is 25.9 Å². The Morgan fingerprint density at radius 3 is 2.68 bits per heavy atom. The van der Waals surface area contributed by atoms with Crippen molar-refractivity contribution in [2.24, 2.45) is 0 Å². The molecule has 0 aliphatic carbocycles. The van der Waals surface area contributed by atoms with Crippen LogP contribution in [-0.2, 0) is 4.79 Å². The number of benzene rings is 2. The van der Waals surface area contributed by atoms with E-state index < -0.39 is 0 Å². The number of tetrazole rings is 1. The van der Waals surface area contributed by atoms with Crippen LogP contribution in [0.1, 0.15) is 11.3 Å². The highest BCUT2D eigenvalue weighted by Gasteiger charge is 2.16. The molecule has 0 atom stereocenters. The van der Waals surface area contributed by atoms with Gasteiger partial charge in [-0.1, -0.05) is 36.0 Å². The van der Waals surface area contributed by atoms with E-state index in [0.29, 0.717) is 22.4 Å². The number of aromatic nitrogens is 6. The molecule has 158 valence electrons. The molecule has 4 aromatic rings. The highest BCUT2D eigenvalue weighted by atomic mass is 32.2. The molecule has 10 heteroatoms. The lowest BCUT2D eigenvalue weighted by Gasteiger charge is -2.11. The van der Waals surface area contributed by atoms with Gasteiger partial charge in [-0.05, 0) is 54.1 Å². The van der Waals surface area contributed by atoms with Crippen LogP contribution >= 0.6 is 11.8 Å². The van der Waals surface area contributed by atoms with E-state index in [0.717, 1.165) is 16.9 Å². The van der Waals surface area contributed by atoms with Crippen molar-refractivity contribution in [3.63, 3.8) is 0 Å². The van der Waals surface area contributed by atoms with Gasteiger partial charge in [0.25, 0.3) is 0 Å². The molecule has 0 bridgehead atoms. The zero-order valence-corrected chi connectivity index (χ0v) is 18.1. The third-order valence-electron chi connectivity index (χ3n) is 4.44. The molecule has 2 heterocycles. The minimum absolute atomic E-state index is 0.132. The molecular weight excluding hydrogens is 414 g/mol. The predicted octanol–water partition coefficient (Wildman–Crippen LogP) is 3.20. The van der Waals surface area contributed by atoms with E-state index in [9.17, 15) is 4.79 Å². The van der Waals surface area contributed by atoms with Gasteiger partial charge in [-0.15, -0.1) is 5.10 Å². The number of rotatable bonds is 7. The highest BCUT2D eigenvalue weighted by molar-refractivity contribution is 7.99. The SMILES string of the molecule is COc1ccc(C)cc1-n1nnnc1SCC(=O)Nc1cc(C)nn1-c1ccccc1. The number of para-hydroxylation sites is 1. The van der Waals surface area contributed by atoms with Crippen molar-refractivity contribution in [3.05, 3.63) is 65.9 Å². The van der Waals surface area contributed by atoms with Gasteiger partial charge >= 0.3 is 0 Å². The van der Waals surface area contributed by atoms with Crippen LogP contribution in [0, 0.1) is 13.8 Å². The Morgan fingerprint density at radius 1 is 1.10 bits per heavy atom. The molecule has 1 amide bonds. The summed E-state index contributed by atoms with van der Waals surface area (Å²) in [5, 5.41) is 19.8. The minimum Gasteiger partial charge on any atom is -0.494 e. The van der Waals surface area contributed by atoms with Crippen molar-refractivity contribution in [2.75, 3.05) is 18.2 Å². The summed E-state index contributed by atoms with van der Waals surface area (Å²) in [5.41, 5.74) is 3.44. The van der Waals surface area contributed by atoms with Crippen LogP contribution in [-0.4, -0.2) is 48.8 Å². The maximum absolute atomic E-state index is 12.6. The molecule has 0 fully saturated rings. The molecule has 31 heavy (non-hydrogen) atoms. The first-order chi connectivity index (χ1) is 15.0. The number of amides is 1. The lowest BCUT2D eigenvalue weighted by molar-refractivity contribution is -0.113. The standard InChI is InChI=1S/C21H21N7O2S/c1-14-9-10-18(30-3)17(11-14)28-21(23-25-26-28)31-13-20(29)22-19-12-15(2)24-27(19)16-7-5-4-6-8-16/h4-12H,13H2,1-3H3,(H,22,29). The normalized spacial score (nSPS) is 10.8. The number of thioether (sulfide) groups is 1. The molecule has 9 nitrogen and oxygen atoms in total. The van der Waals surface area contributed by atoms with Crippen LogP contribution in [0.3, 0.4) is 0 Å². The molecule has 0 aliphatic heterocycles. The molecule has 0 unspecified atom stereocenters. The Balaban J connectivity index is 1.49. The third kappa shape index (κ3) is 4.58. The predicted molar refractivity (Wildman–Crippen MR) is 118 cm³/mol. The molecule has 0 spiro atoms. The maximum Gasteiger partial charge on any atom is 0.236 e. The number of nitrogens with one attached hydrogen (secondary N) is 1. The van der Waals surface area contributed by atoms with E-state index in [1.54, 1.807) is 16.5 Å². The maximum atomic E-state index is 12.6. The first-order valence-electron chi connectivity index (χ1n) is 9.53. The summed E-state index contributed by atoms with van der Waals surface area (Å²) in [7, 11) is 1.59. The average molecular weight is 436 g/mol. The molecule has 0 radical (unpaired) electrons. The summed E-state index contributed by atoms with van der Waals surface area (Å²) in [6.07, 6.45) is 0. The molecular formula is C21H21N7O2S. The first-order valence-corrected chi connectivity index (χ1v) is 10.5. The second-order valence-electron chi connectivity index (χ2n) is 6.80. The van der Waals surface area contributed by atoms with Crippen LogP contribution < -0.4 is 10.1 Å². The van der Waals surface area contributed by atoms with Crippen molar-refractivity contribution >= 4 is 23.5 Å². The van der Waals surface area contributed by atoms with E-state index in [1.807, 2.05) is 68.4 Å².